The standard InChI is InChI=1S/C17H14BrFN4O3S2/c18-11-4-5-13(19)12(10-11)17(24)22-6-8-23(9-7-22)28(25,26)15-3-1-2-14-16(15)21-27-20-14/h1-5,10H,6-9H2. The highest BCUT2D eigenvalue weighted by atomic mass is 79.9. The van der Waals surface area contributed by atoms with Crippen LogP contribution >= 0.6 is 27.7 Å². The molecule has 28 heavy (non-hydrogen) atoms. The summed E-state index contributed by atoms with van der Waals surface area (Å²) in [5.41, 5.74) is 0.844. The molecule has 4 rings (SSSR count). The summed E-state index contributed by atoms with van der Waals surface area (Å²) in [5, 5.41) is 0. The number of piperazine rings is 1. The third kappa shape index (κ3) is 3.43. The van der Waals surface area contributed by atoms with E-state index in [1.807, 2.05) is 0 Å². The molecule has 1 aromatic heterocycles. The van der Waals surface area contributed by atoms with Gasteiger partial charge >= 0.3 is 0 Å². The van der Waals surface area contributed by atoms with Crippen LogP contribution < -0.4 is 0 Å². The Labute approximate surface area is 173 Å². The summed E-state index contributed by atoms with van der Waals surface area (Å²) in [4.78, 5) is 14.2. The van der Waals surface area contributed by atoms with Gasteiger partial charge in [-0.25, -0.2) is 12.8 Å². The molecule has 1 aliphatic rings. The van der Waals surface area contributed by atoms with Gasteiger partial charge in [-0.15, -0.1) is 0 Å². The monoisotopic (exact) mass is 484 g/mol. The molecular weight excluding hydrogens is 471 g/mol. The fourth-order valence-corrected chi connectivity index (χ4v) is 5.63. The molecule has 1 amide bonds. The van der Waals surface area contributed by atoms with Gasteiger partial charge in [0.1, 0.15) is 21.7 Å². The Morgan fingerprint density at radius 1 is 1.11 bits per heavy atom. The van der Waals surface area contributed by atoms with Crippen molar-refractivity contribution in [2.75, 3.05) is 26.2 Å². The predicted octanol–water partition coefficient (Wildman–Crippen LogP) is 2.74. The van der Waals surface area contributed by atoms with E-state index in [-0.39, 0.29) is 36.6 Å². The first-order valence-corrected chi connectivity index (χ1v) is 11.3. The maximum atomic E-state index is 14.0. The van der Waals surface area contributed by atoms with Crippen molar-refractivity contribution < 1.29 is 17.6 Å². The molecule has 1 aliphatic heterocycles. The van der Waals surface area contributed by atoms with E-state index < -0.39 is 21.7 Å². The van der Waals surface area contributed by atoms with Crippen molar-refractivity contribution in [2.24, 2.45) is 0 Å². The first kappa shape index (κ1) is 19.4. The molecular formula is C17H14BrFN4O3S2. The van der Waals surface area contributed by atoms with Crippen molar-refractivity contribution >= 4 is 54.6 Å². The lowest BCUT2D eigenvalue weighted by atomic mass is 10.1. The topological polar surface area (TPSA) is 83.5 Å². The van der Waals surface area contributed by atoms with Gasteiger partial charge in [0.05, 0.1) is 17.3 Å². The highest BCUT2D eigenvalue weighted by Crippen LogP contribution is 2.26. The van der Waals surface area contributed by atoms with Crippen molar-refractivity contribution in [3.05, 3.63) is 52.3 Å². The number of amides is 1. The first-order valence-electron chi connectivity index (χ1n) is 8.34. The molecule has 7 nitrogen and oxygen atoms in total. The normalized spacial score (nSPS) is 15.9. The van der Waals surface area contributed by atoms with Crippen LogP contribution in [0.15, 0.2) is 45.8 Å². The molecule has 0 spiro atoms. The highest BCUT2D eigenvalue weighted by Gasteiger charge is 2.32. The summed E-state index contributed by atoms with van der Waals surface area (Å²) >= 11 is 4.19. The molecule has 0 radical (unpaired) electrons. The Morgan fingerprint density at radius 2 is 1.86 bits per heavy atom. The summed E-state index contributed by atoms with van der Waals surface area (Å²) in [6.07, 6.45) is 0. The zero-order valence-corrected chi connectivity index (χ0v) is 17.6. The molecule has 2 heterocycles. The zero-order valence-electron chi connectivity index (χ0n) is 14.4. The molecule has 3 aromatic rings. The molecule has 0 bridgehead atoms. The fraction of sp³-hybridized carbons (Fsp3) is 0.235. The first-order chi connectivity index (χ1) is 13.4. The van der Waals surface area contributed by atoms with Crippen LogP contribution in [0, 0.1) is 5.82 Å². The Bertz CT molecular complexity index is 1160. The van der Waals surface area contributed by atoms with E-state index >= 15 is 0 Å². The van der Waals surface area contributed by atoms with Gasteiger partial charge in [-0.1, -0.05) is 22.0 Å². The molecule has 11 heteroatoms. The average Bonchev–Trinajstić information content (AvgIpc) is 3.18. The number of hydrogen-bond donors (Lipinski definition) is 0. The van der Waals surface area contributed by atoms with Crippen LogP contribution in [-0.4, -0.2) is 58.5 Å². The van der Waals surface area contributed by atoms with Crippen LogP contribution in [0.3, 0.4) is 0 Å². The molecule has 0 saturated carbocycles. The second-order valence-electron chi connectivity index (χ2n) is 6.21. The number of nitrogens with zero attached hydrogens (tertiary/aromatic N) is 4. The van der Waals surface area contributed by atoms with E-state index in [1.165, 1.54) is 33.5 Å². The minimum absolute atomic E-state index is 0.0380. The quantitative estimate of drug-likeness (QED) is 0.570. The number of sulfonamides is 1. The largest absolute Gasteiger partial charge is 0.336 e. The summed E-state index contributed by atoms with van der Waals surface area (Å²) in [6, 6.07) is 9.02. The van der Waals surface area contributed by atoms with Crippen molar-refractivity contribution in [3.8, 4) is 0 Å². The number of benzene rings is 2. The van der Waals surface area contributed by atoms with Crippen LogP contribution in [0.25, 0.3) is 11.0 Å². The average molecular weight is 485 g/mol. The summed E-state index contributed by atoms with van der Waals surface area (Å²) in [7, 11) is -3.77. The Balaban J connectivity index is 1.53. The van der Waals surface area contributed by atoms with E-state index in [1.54, 1.807) is 12.1 Å². The van der Waals surface area contributed by atoms with Crippen LogP contribution in [-0.2, 0) is 10.0 Å². The number of carbonyl (C=O) groups is 1. The minimum Gasteiger partial charge on any atom is -0.336 e. The maximum absolute atomic E-state index is 14.0. The van der Waals surface area contributed by atoms with Gasteiger partial charge in [-0.05, 0) is 30.3 Å². The molecule has 0 N–H and O–H groups in total. The number of carbonyl (C=O) groups excluding carboxylic acids is 1. The van der Waals surface area contributed by atoms with Gasteiger partial charge in [0.25, 0.3) is 5.91 Å². The van der Waals surface area contributed by atoms with Gasteiger partial charge in [-0.3, -0.25) is 4.79 Å². The lowest BCUT2D eigenvalue weighted by Crippen LogP contribution is -2.50. The van der Waals surface area contributed by atoms with Gasteiger partial charge in [0.2, 0.25) is 10.0 Å². The third-order valence-corrected chi connectivity index (χ3v) is 7.52. The number of hydrogen-bond acceptors (Lipinski definition) is 6. The van der Waals surface area contributed by atoms with Crippen LogP contribution in [0.2, 0.25) is 0 Å². The van der Waals surface area contributed by atoms with Crippen LogP contribution in [0.5, 0.6) is 0 Å². The van der Waals surface area contributed by atoms with Gasteiger partial charge in [0.15, 0.2) is 0 Å². The Hall–Kier alpha value is -1.95. The van der Waals surface area contributed by atoms with Gasteiger partial charge < -0.3 is 4.90 Å². The number of aromatic nitrogens is 2. The van der Waals surface area contributed by atoms with Gasteiger partial charge in [-0.2, -0.15) is 13.1 Å². The molecule has 0 unspecified atom stereocenters. The third-order valence-electron chi connectivity index (χ3n) is 4.55. The number of halogens is 2. The van der Waals surface area contributed by atoms with Crippen molar-refractivity contribution in [1.82, 2.24) is 18.0 Å². The van der Waals surface area contributed by atoms with E-state index in [0.29, 0.717) is 15.5 Å². The zero-order chi connectivity index (χ0) is 19.9. The fourth-order valence-electron chi connectivity index (χ4n) is 3.09. The SMILES string of the molecule is O=C(c1cc(Br)ccc1F)N1CCN(S(=O)(=O)c2cccc3nsnc23)CC1. The number of fused-ring (bicyclic) bond motifs is 1. The second kappa shape index (κ2) is 7.47. The molecule has 0 atom stereocenters. The van der Waals surface area contributed by atoms with Crippen molar-refractivity contribution in [2.45, 2.75) is 4.90 Å². The van der Waals surface area contributed by atoms with E-state index in [2.05, 4.69) is 24.7 Å². The Kier molecular flexibility index (Phi) is 5.17. The van der Waals surface area contributed by atoms with Crippen LogP contribution in [0.1, 0.15) is 10.4 Å². The van der Waals surface area contributed by atoms with Crippen molar-refractivity contribution in [3.63, 3.8) is 0 Å². The van der Waals surface area contributed by atoms with Crippen molar-refractivity contribution in [1.29, 1.82) is 0 Å². The van der Waals surface area contributed by atoms with Gasteiger partial charge in [0, 0.05) is 30.7 Å². The lowest BCUT2D eigenvalue weighted by Gasteiger charge is -2.34. The molecule has 1 fully saturated rings. The Morgan fingerprint density at radius 3 is 2.61 bits per heavy atom. The highest BCUT2D eigenvalue weighted by molar-refractivity contribution is 9.10. The number of rotatable bonds is 3. The van der Waals surface area contributed by atoms with E-state index in [9.17, 15) is 17.6 Å². The molecule has 2 aromatic carbocycles. The summed E-state index contributed by atoms with van der Waals surface area (Å²) in [5.74, 6) is -1.06. The minimum atomic E-state index is -3.77. The van der Waals surface area contributed by atoms with E-state index in [4.69, 9.17) is 0 Å². The van der Waals surface area contributed by atoms with Crippen LogP contribution in [0.4, 0.5) is 4.39 Å². The summed E-state index contributed by atoms with van der Waals surface area (Å²) < 4.78 is 50.2. The molecule has 0 aliphatic carbocycles. The lowest BCUT2D eigenvalue weighted by molar-refractivity contribution is 0.0693. The predicted molar refractivity (Wildman–Crippen MR) is 106 cm³/mol. The molecule has 146 valence electrons. The summed E-state index contributed by atoms with van der Waals surface area (Å²) in [6.45, 7) is 0.597. The smallest absolute Gasteiger partial charge is 0.256 e. The second-order valence-corrected chi connectivity index (χ2v) is 9.56. The van der Waals surface area contributed by atoms with E-state index in [0.717, 1.165) is 11.7 Å². The molecule has 1 saturated heterocycles. The maximum Gasteiger partial charge on any atom is 0.256 e.